The third-order valence-corrected chi connectivity index (χ3v) is 9.53. The van der Waals surface area contributed by atoms with Gasteiger partial charge in [0, 0.05) is 31.4 Å². The first-order valence-electron chi connectivity index (χ1n) is 18.0. The summed E-state index contributed by atoms with van der Waals surface area (Å²) in [5.74, 6) is -1.68. The lowest BCUT2D eigenvalue weighted by molar-refractivity contribution is -0.138. The summed E-state index contributed by atoms with van der Waals surface area (Å²) in [6.45, 7) is 18.2. The quantitative estimate of drug-likeness (QED) is 0.0729. The Morgan fingerprint density at radius 2 is 1.13 bits per heavy atom. The van der Waals surface area contributed by atoms with Crippen LogP contribution in [-0.2, 0) is 51.1 Å². The molecule has 1 atom stereocenters. The van der Waals surface area contributed by atoms with Crippen molar-refractivity contribution in [3.8, 4) is 0 Å². The lowest BCUT2D eigenvalue weighted by atomic mass is 9.68. The van der Waals surface area contributed by atoms with E-state index >= 15 is 0 Å². The first-order chi connectivity index (χ1) is 26.3. The summed E-state index contributed by atoms with van der Waals surface area (Å²) >= 11 is 0. The van der Waals surface area contributed by atoms with Crippen molar-refractivity contribution < 1.29 is 38.0 Å². The van der Waals surface area contributed by atoms with Gasteiger partial charge in [0.05, 0.1) is 83.8 Å². The van der Waals surface area contributed by atoms with Gasteiger partial charge in [0.1, 0.15) is 5.54 Å². The molecule has 10 heteroatoms. The zero-order valence-corrected chi connectivity index (χ0v) is 31.7. The van der Waals surface area contributed by atoms with Gasteiger partial charge in [-0.05, 0) is 29.2 Å². The van der Waals surface area contributed by atoms with Crippen molar-refractivity contribution in [2.75, 3.05) is 67.1 Å². The minimum absolute atomic E-state index is 0.130. The highest BCUT2D eigenvalue weighted by molar-refractivity contribution is 5.93. The molecule has 4 rings (SSSR count). The third kappa shape index (κ3) is 10.4. The smallest absolute Gasteiger partial charge is 0.339 e. The highest BCUT2D eigenvalue weighted by atomic mass is 16.5. The fraction of sp³-hybridized carbons (Fsp3) is 0.364. The average molecular weight is 739 g/mol. The van der Waals surface area contributed by atoms with Gasteiger partial charge in [-0.2, -0.15) is 0 Å². The molecular formula is C44H54N2O8. The van der Waals surface area contributed by atoms with E-state index in [0.717, 1.165) is 11.1 Å². The summed E-state index contributed by atoms with van der Waals surface area (Å²) in [7, 11) is 2.72. The number of benzene rings is 2. The molecule has 2 aliphatic rings. The number of carbonyl (C=O) groups excluding carboxylic acids is 2. The third-order valence-electron chi connectivity index (χ3n) is 9.53. The molecule has 0 saturated carbocycles. The van der Waals surface area contributed by atoms with Gasteiger partial charge < -0.3 is 38.2 Å². The number of nitrogens with zero attached hydrogens (tertiary/aromatic N) is 2. The molecule has 0 saturated heterocycles. The average Bonchev–Trinajstić information content (AvgIpc) is 3.19. The van der Waals surface area contributed by atoms with Crippen molar-refractivity contribution >= 4 is 11.9 Å². The van der Waals surface area contributed by atoms with Gasteiger partial charge in [-0.1, -0.05) is 85.0 Å². The van der Waals surface area contributed by atoms with Crippen LogP contribution in [0.2, 0.25) is 0 Å². The summed E-state index contributed by atoms with van der Waals surface area (Å²) in [6.07, 6.45) is 12.6. The molecule has 0 fully saturated rings. The Morgan fingerprint density at radius 3 is 1.59 bits per heavy atom. The molecule has 0 unspecified atom stereocenters. The molecule has 2 aromatic carbocycles. The molecule has 54 heavy (non-hydrogen) atoms. The highest BCUT2D eigenvalue weighted by Gasteiger charge is 2.52. The largest absolute Gasteiger partial charge is 0.466 e. The molecule has 288 valence electrons. The van der Waals surface area contributed by atoms with Crippen molar-refractivity contribution in [3.63, 3.8) is 0 Å². The Balaban J connectivity index is 2.04. The molecule has 2 aliphatic heterocycles. The van der Waals surface area contributed by atoms with Gasteiger partial charge >= 0.3 is 11.9 Å². The Bertz CT molecular complexity index is 1640. The predicted molar refractivity (Wildman–Crippen MR) is 210 cm³/mol. The van der Waals surface area contributed by atoms with Crippen molar-refractivity contribution in [2.45, 2.75) is 30.6 Å². The van der Waals surface area contributed by atoms with Crippen LogP contribution in [0.15, 0.2) is 146 Å². The van der Waals surface area contributed by atoms with Gasteiger partial charge in [0.25, 0.3) is 0 Å². The molecule has 0 aliphatic carbocycles. The fourth-order valence-electron chi connectivity index (χ4n) is 7.00. The van der Waals surface area contributed by atoms with Crippen LogP contribution in [0.1, 0.15) is 17.5 Å². The van der Waals surface area contributed by atoms with Crippen LogP contribution in [-0.4, -0.2) is 99.9 Å². The topological polar surface area (TPSA) is 96.0 Å². The molecule has 0 aromatic heterocycles. The van der Waals surface area contributed by atoms with Crippen LogP contribution >= 0.6 is 0 Å². The second-order valence-electron chi connectivity index (χ2n) is 13.2. The maximum Gasteiger partial charge on any atom is 0.339 e. The summed E-state index contributed by atoms with van der Waals surface area (Å²) < 4.78 is 36.0. The summed E-state index contributed by atoms with van der Waals surface area (Å²) in [5.41, 5.74) is 1.56. The Labute approximate surface area is 320 Å². The van der Waals surface area contributed by atoms with Crippen molar-refractivity contribution in [1.82, 2.24) is 9.80 Å². The van der Waals surface area contributed by atoms with Crippen LogP contribution in [0.25, 0.3) is 0 Å². The van der Waals surface area contributed by atoms with E-state index < -0.39 is 28.9 Å². The molecule has 2 heterocycles. The lowest BCUT2D eigenvalue weighted by Gasteiger charge is -2.53. The SMILES string of the molecule is C=CCOCC1(COCC=C)C[C@@H](C2=CC(C(=O)OC)=CN(Cc3ccccc3)C2(COCC=C)COCC=C)C(C(=O)OC)=CN1Cc1ccccc1. The summed E-state index contributed by atoms with van der Waals surface area (Å²) in [4.78, 5) is 31.8. The standard InChI is InChI=1S/C44H54N2O8/c1-7-21-51-31-43(32-52-22-8-2)26-38(39(42(48)50-6)30-45(43)27-35-17-13-11-14-18-35)40-25-37(41(47)49-5)29-46(28-36-19-15-12-16-20-36)44(40,33-53-23-9-3)34-54-24-10-4/h7-20,25,29-30,38H,1-4,21-24,26-28,31-34H2,5-6H3/t38-/m1/s1. The van der Waals surface area contributed by atoms with Crippen molar-refractivity contribution in [2.24, 2.45) is 5.92 Å². The number of methoxy groups -OCH3 is 2. The number of carbonyl (C=O) groups is 2. The van der Waals surface area contributed by atoms with E-state index in [4.69, 9.17) is 28.4 Å². The molecule has 10 nitrogen and oxygen atoms in total. The van der Waals surface area contributed by atoms with Crippen LogP contribution in [0.4, 0.5) is 0 Å². The molecule has 0 bridgehead atoms. The predicted octanol–water partition coefficient (Wildman–Crippen LogP) is 6.35. The maximum absolute atomic E-state index is 14.1. The van der Waals surface area contributed by atoms with Gasteiger partial charge in [0.15, 0.2) is 0 Å². The van der Waals surface area contributed by atoms with Crippen molar-refractivity contribution in [1.29, 1.82) is 0 Å². The molecule has 2 aromatic rings. The maximum atomic E-state index is 14.1. The summed E-state index contributed by atoms with van der Waals surface area (Å²) in [6, 6.07) is 19.9. The van der Waals surface area contributed by atoms with E-state index in [1.54, 1.807) is 30.5 Å². The zero-order chi connectivity index (χ0) is 38.8. The van der Waals surface area contributed by atoms with Crippen LogP contribution < -0.4 is 0 Å². The van der Waals surface area contributed by atoms with Crippen LogP contribution in [0, 0.1) is 5.92 Å². The number of rotatable bonds is 23. The molecule has 0 N–H and O–H groups in total. The van der Waals surface area contributed by atoms with Gasteiger partial charge in [-0.25, -0.2) is 9.59 Å². The second-order valence-corrected chi connectivity index (χ2v) is 13.2. The van der Waals surface area contributed by atoms with Crippen LogP contribution in [0.5, 0.6) is 0 Å². The van der Waals surface area contributed by atoms with E-state index in [9.17, 15) is 9.59 Å². The van der Waals surface area contributed by atoms with E-state index in [1.165, 1.54) is 14.2 Å². The fourth-order valence-corrected chi connectivity index (χ4v) is 7.00. The van der Waals surface area contributed by atoms with E-state index in [1.807, 2.05) is 72.9 Å². The number of hydrogen-bond acceptors (Lipinski definition) is 10. The van der Waals surface area contributed by atoms with E-state index in [-0.39, 0.29) is 39.6 Å². The first kappa shape index (κ1) is 41.8. The van der Waals surface area contributed by atoms with Crippen molar-refractivity contribution in [3.05, 3.63) is 158 Å². The second kappa shape index (κ2) is 21.0. The molecule has 0 radical (unpaired) electrons. The number of esters is 2. The number of hydrogen-bond donors (Lipinski definition) is 0. The first-order valence-corrected chi connectivity index (χ1v) is 18.0. The molecule has 0 amide bonds. The van der Waals surface area contributed by atoms with Gasteiger partial charge in [-0.15, -0.1) is 26.3 Å². The Hall–Kier alpha value is -5.00. The monoisotopic (exact) mass is 738 g/mol. The Kier molecular flexibility index (Phi) is 16.3. The Morgan fingerprint density at radius 1 is 0.667 bits per heavy atom. The highest BCUT2D eigenvalue weighted by Crippen LogP contribution is 2.47. The van der Waals surface area contributed by atoms with E-state index in [2.05, 4.69) is 36.1 Å². The molecule has 0 spiro atoms. The van der Waals surface area contributed by atoms with Gasteiger partial charge in [0.2, 0.25) is 0 Å². The normalized spacial score (nSPS) is 17.4. The number of ether oxygens (including phenoxy) is 6. The zero-order valence-electron chi connectivity index (χ0n) is 31.7. The summed E-state index contributed by atoms with van der Waals surface area (Å²) in [5, 5.41) is 0. The van der Waals surface area contributed by atoms with E-state index in [0.29, 0.717) is 49.4 Å². The van der Waals surface area contributed by atoms with Gasteiger partial charge in [-0.3, -0.25) is 0 Å². The molecular weight excluding hydrogens is 684 g/mol. The van der Waals surface area contributed by atoms with Crippen LogP contribution in [0.3, 0.4) is 0 Å². The minimum atomic E-state index is -1.05. The minimum Gasteiger partial charge on any atom is -0.466 e. The lowest BCUT2D eigenvalue weighted by Crippen LogP contribution is -2.61.